The van der Waals surface area contributed by atoms with Crippen LogP contribution < -0.4 is 0 Å². The smallest absolute Gasteiger partial charge is 0.0622 e. The molecule has 1 aromatic carbocycles. The van der Waals surface area contributed by atoms with Crippen LogP contribution in [0.1, 0.15) is 24.0 Å². The van der Waals surface area contributed by atoms with Gasteiger partial charge < -0.3 is 4.74 Å². The van der Waals surface area contributed by atoms with E-state index in [1.807, 2.05) is 0 Å². The number of hydrogen-bond acceptors (Lipinski definition) is 2. The first-order chi connectivity index (χ1) is 7.28. The van der Waals surface area contributed by atoms with Crippen molar-refractivity contribution >= 4 is 0 Å². The van der Waals surface area contributed by atoms with Crippen LogP contribution in [0, 0.1) is 18.3 Å². The average molecular weight is 201 g/mol. The van der Waals surface area contributed by atoms with Crippen LogP contribution in [0.15, 0.2) is 24.3 Å². The van der Waals surface area contributed by atoms with Gasteiger partial charge in [-0.1, -0.05) is 24.3 Å². The molecule has 0 aromatic heterocycles. The van der Waals surface area contributed by atoms with E-state index >= 15 is 0 Å². The summed E-state index contributed by atoms with van der Waals surface area (Å²) in [5.74, 6) is 0. The number of aryl methyl sites for hydroxylation is 1. The lowest BCUT2D eigenvalue weighted by Crippen LogP contribution is -2.47. The van der Waals surface area contributed by atoms with Gasteiger partial charge in [0.05, 0.1) is 19.3 Å². The van der Waals surface area contributed by atoms with Crippen LogP contribution in [0.5, 0.6) is 0 Å². The molecule has 2 heteroatoms. The van der Waals surface area contributed by atoms with E-state index in [1.165, 1.54) is 11.1 Å². The molecule has 2 rings (SSSR count). The molecule has 15 heavy (non-hydrogen) atoms. The van der Waals surface area contributed by atoms with Gasteiger partial charge in [0.2, 0.25) is 0 Å². The van der Waals surface area contributed by atoms with Crippen LogP contribution in [0.3, 0.4) is 0 Å². The van der Waals surface area contributed by atoms with E-state index in [2.05, 4.69) is 37.3 Å². The van der Waals surface area contributed by atoms with E-state index in [0.29, 0.717) is 6.42 Å². The maximum atomic E-state index is 8.67. The van der Waals surface area contributed by atoms with Crippen molar-refractivity contribution in [2.75, 3.05) is 13.2 Å². The molecule has 0 unspecified atom stereocenters. The van der Waals surface area contributed by atoms with Gasteiger partial charge in [0.15, 0.2) is 0 Å². The molecular weight excluding hydrogens is 186 g/mol. The molecule has 0 atom stereocenters. The first-order valence-corrected chi connectivity index (χ1v) is 5.29. The summed E-state index contributed by atoms with van der Waals surface area (Å²) in [6.45, 7) is 3.65. The molecular formula is C13H15NO. The number of nitriles is 1. The van der Waals surface area contributed by atoms with Crippen LogP contribution >= 0.6 is 0 Å². The first-order valence-electron chi connectivity index (χ1n) is 5.29. The highest BCUT2D eigenvalue weighted by atomic mass is 16.5. The summed E-state index contributed by atoms with van der Waals surface area (Å²) in [6.07, 6.45) is 1.52. The Hall–Kier alpha value is -1.33. The fraction of sp³-hybridized carbons (Fsp3) is 0.462. The molecule has 0 aliphatic carbocycles. The summed E-state index contributed by atoms with van der Waals surface area (Å²) in [6, 6.07) is 10.6. The third kappa shape index (κ3) is 1.75. The maximum absolute atomic E-state index is 8.67. The zero-order chi connectivity index (χ0) is 10.7. The van der Waals surface area contributed by atoms with Crippen LogP contribution in [-0.2, 0) is 10.2 Å². The molecule has 1 aliphatic heterocycles. The minimum atomic E-state index is 0.112. The monoisotopic (exact) mass is 201 g/mol. The molecule has 0 bridgehead atoms. The quantitative estimate of drug-likeness (QED) is 0.753. The van der Waals surface area contributed by atoms with Crippen molar-refractivity contribution in [1.82, 2.24) is 0 Å². The highest BCUT2D eigenvalue weighted by Gasteiger charge is 2.40. The molecule has 0 radical (unpaired) electrons. The zero-order valence-electron chi connectivity index (χ0n) is 8.99. The fourth-order valence-electron chi connectivity index (χ4n) is 2.25. The van der Waals surface area contributed by atoms with Crippen molar-refractivity contribution in [2.24, 2.45) is 0 Å². The van der Waals surface area contributed by atoms with Crippen molar-refractivity contribution in [2.45, 2.75) is 25.2 Å². The standard InChI is InChI=1S/C13H15NO/c1-11-5-2-3-6-12(11)13(7-4-8-14)9-15-10-13/h2-3,5-6H,4,7,9-10H2,1H3. The van der Waals surface area contributed by atoms with Crippen molar-refractivity contribution < 1.29 is 4.74 Å². The normalized spacial score (nSPS) is 17.9. The second-order valence-corrected chi connectivity index (χ2v) is 4.25. The van der Waals surface area contributed by atoms with E-state index in [4.69, 9.17) is 10.00 Å². The van der Waals surface area contributed by atoms with Crippen molar-refractivity contribution in [3.8, 4) is 6.07 Å². The molecule has 0 spiro atoms. The topological polar surface area (TPSA) is 33.0 Å². The molecule has 78 valence electrons. The summed E-state index contributed by atoms with van der Waals surface area (Å²) < 4.78 is 5.34. The Morgan fingerprint density at radius 3 is 2.67 bits per heavy atom. The molecule has 1 heterocycles. The van der Waals surface area contributed by atoms with Gasteiger partial charge in [0.25, 0.3) is 0 Å². The Balaban J connectivity index is 2.27. The van der Waals surface area contributed by atoms with Crippen LogP contribution in [0.2, 0.25) is 0 Å². The third-order valence-electron chi connectivity index (χ3n) is 3.19. The van der Waals surface area contributed by atoms with Crippen molar-refractivity contribution in [3.05, 3.63) is 35.4 Å². The van der Waals surface area contributed by atoms with Gasteiger partial charge in [-0.15, -0.1) is 0 Å². The summed E-state index contributed by atoms with van der Waals surface area (Å²) >= 11 is 0. The minimum Gasteiger partial charge on any atom is -0.379 e. The predicted molar refractivity (Wildman–Crippen MR) is 58.5 cm³/mol. The van der Waals surface area contributed by atoms with E-state index in [-0.39, 0.29) is 5.41 Å². The zero-order valence-corrected chi connectivity index (χ0v) is 8.99. The van der Waals surface area contributed by atoms with Crippen LogP contribution in [-0.4, -0.2) is 13.2 Å². The van der Waals surface area contributed by atoms with Gasteiger partial charge in [-0.05, 0) is 24.5 Å². The second kappa shape index (κ2) is 4.04. The Labute approximate surface area is 90.5 Å². The molecule has 1 fully saturated rings. The molecule has 1 saturated heterocycles. The lowest BCUT2D eigenvalue weighted by Gasteiger charge is -2.42. The number of ether oxygens (including phenoxy) is 1. The summed E-state index contributed by atoms with van der Waals surface area (Å²) in [7, 11) is 0. The second-order valence-electron chi connectivity index (χ2n) is 4.25. The molecule has 1 aliphatic rings. The van der Waals surface area contributed by atoms with Gasteiger partial charge in [-0.25, -0.2) is 0 Å². The van der Waals surface area contributed by atoms with Crippen LogP contribution in [0.25, 0.3) is 0 Å². The Morgan fingerprint density at radius 2 is 2.13 bits per heavy atom. The van der Waals surface area contributed by atoms with Crippen molar-refractivity contribution in [3.63, 3.8) is 0 Å². The minimum absolute atomic E-state index is 0.112. The van der Waals surface area contributed by atoms with E-state index in [1.54, 1.807) is 0 Å². The molecule has 0 amide bonds. The van der Waals surface area contributed by atoms with Gasteiger partial charge in [0.1, 0.15) is 0 Å². The number of nitrogens with zero attached hydrogens (tertiary/aromatic N) is 1. The largest absolute Gasteiger partial charge is 0.379 e. The summed E-state index contributed by atoms with van der Waals surface area (Å²) in [5, 5.41) is 8.67. The van der Waals surface area contributed by atoms with Gasteiger partial charge in [-0.3, -0.25) is 0 Å². The average Bonchev–Trinajstić information content (AvgIpc) is 2.19. The SMILES string of the molecule is Cc1ccccc1C1(CCC#N)COC1. The molecule has 0 N–H and O–H groups in total. The first kappa shape index (κ1) is 10.2. The highest BCUT2D eigenvalue weighted by Crippen LogP contribution is 2.38. The lowest BCUT2D eigenvalue weighted by molar-refractivity contribution is -0.0639. The molecule has 2 nitrogen and oxygen atoms in total. The van der Waals surface area contributed by atoms with Gasteiger partial charge in [0, 0.05) is 11.8 Å². The number of benzene rings is 1. The predicted octanol–water partition coefficient (Wildman–Crippen LogP) is 2.57. The Morgan fingerprint density at radius 1 is 1.40 bits per heavy atom. The number of rotatable bonds is 3. The molecule has 0 saturated carbocycles. The van der Waals surface area contributed by atoms with Gasteiger partial charge >= 0.3 is 0 Å². The number of hydrogen-bond donors (Lipinski definition) is 0. The summed E-state index contributed by atoms with van der Waals surface area (Å²) in [5.41, 5.74) is 2.77. The van der Waals surface area contributed by atoms with Crippen LogP contribution in [0.4, 0.5) is 0 Å². The maximum Gasteiger partial charge on any atom is 0.0622 e. The molecule has 1 aromatic rings. The van der Waals surface area contributed by atoms with E-state index in [0.717, 1.165) is 19.6 Å². The Bertz CT molecular complexity index is 388. The lowest BCUT2D eigenvalue weighted by atomic mass is 9.73. The third-order valence-corrected chi connectivity index (χ3v) is 3.19. The van der Waals surface area contributed by atoms with E-state index < -0.39 is 0 Å². The fourth-order valence-corrected chi connectivity index (χ4v) is 2.25. The van der Waals surface area contributed by atoms with Crippen molar-refractivity contribution in [1.29, 1.82) is 5.26 Å². The summed E-state index contributed by atoms with van der Waals surface area (Å²) in [4.78, 5) is 0. The van der Waals surface area contributed by atoms with Gasteiger partial charge in [-0.2, -0.15) is 5.26 Å². The highest BCUT2D eigenvalue weighted by molar-refractivity contribution is 5.35. The van der Waals surface area contributed by atoms with E-state index in [9.17, 15) is 0 Å². The Kier molecular flexibility index (Phi) is 2.75.